The van der Waals surface area contributed by atoms with E-state index in [0.717, 1.165) is 5.56 Å². The maximum Gasteiger partial charge on any atom is 0.230 e. The van der Waals surface area contributed by atoms with Gasteiger partial charge in [-0.2, -0.15) is 0 Å². The maximum atomic E-state index is 12.8. The molecule has 1 aliphatic heterocycles. The minimum Gasteiger partial charge on any atom is -0.381 e. The van der Waals surface area contributed by atoms with Gasteiger partial charge in [0.05, 0.1) is 5.41 Å². The Kier molecular flexibility index (Phi) is 5.49. The molecule has 1 aromatic rings. The second kappa shape index (κ2) is 6.97. The summed E-state index contributed by atoms with van der Waals surface area (Å²) in [7, 11) is 1.76. The number of ether oxygens (including phenoxy) is 1. The van der Waals surface area contributed by atoms with Crippen molar-refractivity contribution in [2.75, 3.05) is 26.8 Å². The molecule has 0 spiro atoms. The molecule has 0 radical (unpaired) electrons. The fraction of sp³-hybridized carbons (Fsp3) is 0.533. The summed E-state index contributed by atoms with van der Waals surface area (Å²) in [5, 5.41) is 1.13. The lowest BCUT2D eigenvalue weighted by atomic mass is 9.79. The zero-order valence-corrected chi connectivity index (χ0v) is 13.6. The summed E-state index contributed by atoms with van der Waals surface area (Å²) >= 11 is 12.3. The molecule has 0 bridgehead atoms. The van der Waals surface area contributed by atoms with Crippen molar-refractivity contribution in [1.29, 1.82) is 0 Å². The Hall–Kier alpha value is -0.810. The molecule has 0 atom stereocenters. The summed E-state index contributed by atoms with van der Waals surface area (Å²) in [6, 6.07) is 5.33. The average Bonchev–Trinajstić information content (AvgIpc) is 2.50. The van der Waals surface area contributed by atoms with Crippen molar-refractivity contribution in [2.24, 2.45) is 11.1 Å². The zero-order chi connectivity index (χ0) is 15.5. The number of amides is 1. The molecule has 0 unspecified atom stereocenters. The highest BCUT2D eigenvalue weighted by molar-refractivity contribution is 6.36. The van der Waals surface area contributed by atoms with E-state index in [0.29, 0.717) is 49.2 Å². The van der Waals surface area contributed by atoms with E-state index in [1.807, 2.05) is 0 Å². The van der Waals surface area contributed by atoms with Crippen LogP contribution in [-0.2, 0) is 16.1 Å². The molecule has 0 saturated carbocycles. The lowest BCUT2D eigenvalue weighted by molar-refractivity contribution is -0.146. The summed E-state index contributed by atoms with van der Waals surface area (Å²) in [4.78, 5) is 14.4. The van der Waals surface area contributed by atoms with Crippen molar-refractivity contribution in [1.82, 2.24) is 4.90 Å². The van der Waals surface area contributed by atoms with E-state index < -0.39 is 5.41 Å². The molecule has 1 amide bonds. The quantitative estimate of drug-likeness (QED) is 0.923. The van der Waals surface area contributed by atoms with Crippen molar-refractivity contribution in [2.45, 2.75) is 19.4 Å². The van der Waals surface area contributed by atoms with E-state index in [4.69, 9.17) is 33.7 Å². The topological polar surface area (TPSA) is 55.6 Å². The third-order valence-electron chi connectivity index (χ3n) is 4.10. The third-order valence-corrected chi connectivity index (χ3v) is 4.81. The zero-order valence-electron chi connectivity index (χ0n) is 12.1. The summed E-state index contributed by atoms with van der Waals surface area (Å²) in [5.41, 5.74) is 6.11. The highest BCUT2D eigenvalue weighted by Gasteiger charge is 2.40. The number of hydrogen-bond donors (Lipinski definition) is 1. The van der Waals surface area contributed by atoms with Crippen LogP contribution in [0.15, 0.2) is 18.2 Å². The van der Waals surface area contributed by atoms with E-state index in [-0.39, 0.29) is 5.91 Å². The van der Waals surface area contributed by atoms with E-state index >= 15 is 0 Å². The monoisotopic (exact) mass is 330 g/mol. The standard InChI is InChI=1S/C15H20Cl2N2O2/c1-19(9-11-12(16)3-2-4-13(11)17)14(20)15(10-18)5-7-21-8-6-15/h2-4H,5-10,18H2,1H3. The molecule has 6 heteroatoms. The Morgan fingerprint density at radius 3 is 2.43 bits per heavy atom. The fourth-order valence-corrected chi connectivity index (χ4v) is 3.18. The number of nitrogens with two attached hydrogens (primary N) is 1. The van der Waals surface area contributed by atoms with Crippen LogP contribution in [0.4, 0.5) is 0 Å². The fourth-order valence-electron chi connectivity index (χ4n) is 2.66. The first-order valence-electron chi connectivity index (χ1n) is 6.96. The molecule has 1 heterocycles. The Bertz CT molecular complexity index is 496. The molecular weight excluding hydrogens is 311 g/mol. The van der Waals surface area contributed by atoms with Crippen LogP contribution in [0.2, 0.25) is 10.0 Å². The lowest BCUT2D eigenvalue weighted by Crippen LogP contribution is -2.49. The second-order valence-corrected chi connectivity index (χ2v) is 6.27. The molecule has 2 rings (SSSR count). The van der Waals surface area contributed by atoms with Crippen LogP contribution < -0.4 is 5.73 Å². The Morgan fingerprint density at radius 1 is 1.33 bits per heavy atom. The lowest BCUT2D eigenvalue weighted by Gasteiger charge is -2.37. The normalized spacial score (nSPS) is 17.5. The number of carbonyl (C=O) groups excluding carboxylic acids is 1. The van der Waals surface area contributed by atoms with Crippen LogP contribution in [0.3, 0.4) is 0 Å². The SMILES string of the molecule is CN(Cc1c(Cl)cccc1Cl)C(=O)C1(CN)CCOCC1. The summed E-state index contributed by atoms with van der Waals surface area (Å²) in [6.07, 6.45) is 1.31. The minimum atomic E-state index is -0.527. The van der Waals surface area contributed by atoms with Crippen molar-refractivity contribution in [3.8, 4) is 0 Å². The Labute approximate surface area is 135 Å². The van der Waals surface area contributed by atoms with Gasteiger partial charge in [-0.3, -0.25) is 4.79 Å². The summed E-state index contributed by atoms with van der Waals surface area (Å²) < 4.78 is 5.34. The molecule has 116 valence electrons. The van der Waals surface area contributed by atoms with Gasteiger partial charge in [-0.05, 0) is 25.0 Å². The van der Waals surface area contributed by atoms with Gasteiger partial charge >= 0.3 is 0 Å². The van der Waals surface area contributed by atoms with Gasteiger partial charge in [-0.25, -0.2) is 0 Å². The largest absolute Gasteiger partial charge is 0.381 e. The minimum absolute atomic E-state index is 0.0317. The van der Waals surface area contributed by atoms with Crippen LogP contribution in [-0.4, -0.2) is 37.6 Å². The number of carbonyl (C=O) groups is 1. The summed E-state index contributed by atoms with van der Waals surface area (Å²) in [5.74, 6) is 0.0317. The Morgan fingerprint density at radius 2 is 1.90 bits per heavy atom. The van der Waals surface area contributed by atoms with Crippen molar-refractivity contribution >= 4 is 29.1 Å². The molecule has 0 aliphatic carbocycles. The number of hydrogen-bond acceptors (Lipinski definition) is 3. The van der Waals surface area contributed by atoms with Gasteiger partial charge < -0.3 is 15.4 Å². The highest BCUT2D eigenvalue weighted by atomic mass is 35.5. The predicted molar refractivity (Wildman–Crippen MR) is 84.5 cm³/mol. The van der Waals surface area contributed by atoms with Gasteiger partial charge in [0.15, 0.2) is 0 Å². The number of nitrogens with zero attached hydrogens (tertiary/aromatic N) is 1. The molecule has 1 aromatic carbocycles. The molecule has 21 heavy (non-hydrogen) atoms. The Balaban J connectivity index is 2.15. The number of benzene rings is 1. The van der Waals surface area contributed by atoms with Crippen LogP contribution in [0, 0.1) is 5.41 Å². The van der Waals surface area contributed by atoms with Crippen molar-refractivity contribution in [3.05, 3.63) is 33.8 Å². The second-order valence-electron chi connectivity index (χ2n) is 5.46. The first kappa shape index (κ1) is 16.6. The third kappa shape index (κ3) is 3.51. The summed E-state index contributed by atoms with van der Waals surface area (Å²) in [6.45, 7) is 1.85. The number of halogens is 2. The van der Waals surface area contributed by atoms with Gasteiger partial charge in [0, 0.05) is 49.0 Å². The van der Waals surface area contributed by atoms with E-state index in [1.54, 1.807) is 30.1 Å². The maximum absolute atomic E-state index is 12.8. The molecule has 1 saturated heterocycles. The first-order valence-corrected chi connectivity index (χ1v) is 7.72. The molecule has 1 fully saturated rings. The first-order chi connectivity index (χ1) is 10.00. The van der Waals surface area contributed by atoms with Gasteiger partial charge in [-0.15, -0.1) is 0 Å². The highest BCUT2D eigenvalue weighted by Crippen LogP contribution is 2.33. The van der Waals surface area contributed by atoms with Crippen LogP contribution >= 0.6 is 23.2 Å². The van der Waals surface area contributed by atoms with Crippen LogP contribution in [0.5, 0.6) is 0 Å². The molecule has 2 N–H and O–H groups in total. The molecular formula is C15H20Cl2N2O2. The van der Waals surface area contributed by atoms with Gasteiger partial charge in [-0.1, -0.05) is 29.3 Å². The number of rotatable bonds is 4. The smallest absolute Gasteiger partial charge is 0.230 e. The van der Waals surface area contributed by atoms with Crippen LogP contribution in [0.1, 0.15) is 18.4 Å². The van der Waals surface area contributed by atoms with E-state index in [9.17, 15) is 4.79 Å². The molecule has 4 nitrogen and oxygen atoms in total. The molecule has 1 aliphatic rings. The van der Waals surface area contributed by atoms with Gasteiger partial charge in [0.25, 0.3) is 0 Å². The van der Waals surface area contributed by atoms with Crippen molar-refractivity contribution < 1.29 is 9.53 Å². The average molecular weight is 331 g/mol. The molecule has 0 aromatic heterocycles. The van der Waals surface area contributed by atoms with Gasteiger partial charge in [0.1, 0.15) is 0 Å². The van der Waals surface area contributed by atoms with Crippen molar-refractivity contribution in [3.63, 3.8) is 0 Å². The van der Waals surface area contributed by atoms with E-state index in [1.165, 1.54) is 0 Å². The van der Waals surface area contributed by atoms with Gasteiger partial charge in [0.2, 0.25) is 5.91 Å². The predicted octanol–water partition coefficient (Wildman–Crippen LogP) is 2.71. The van der Waals surface area contributed by atoms with Crippen LogP contribution in [0.25, 0.3) is 0 Å². The van der Waals surface area contributed by atoms with E-state index in [2.05, 4.69) is 0 Å².